The van der Waals surface area contributed by atoms with Gasteiger partial charge in [0.25, 0.3) is 0 Å². The van der Waals surface area contributed by atoms with Gasteiger partial charge in [0.05, 0.1) is 13.2 Å². The Bertz CT molecular complexity index is 266. The van der Waals surface area contributed by atoms with Crippen molar-refractivity contribution in [3.63, 3.8) is 0 Å². The van der Waals surface area contributed by atoms with Crippen LogP contribution in [-0.4, -0.2) is 6.61 Å². The first-order valence-electron chi connectivity index (χ1n) is 5.03. The van der Waals surface area contributed by atoms with Gasteiger partial charge < -0.3 is 4.74 Å². The lowest BCUT2D eigenvalue weighted by molar-refractivity contribution is 0.110. The van der Waals surface area contributed by atoms with E-state index in [-0.39, 0.29) is 0 Å². The molecular formula is C12H18O. The van der Waals surface area contributed by atoms with E-state index in [1.807, 2.05) is 13.8 Å². The summed E-state index contributed by atoms with van der Waals surface area (Å²) in [7, 11) is 0. The number of hydrogen-bond donors (Lipinski definition) is 0. The number of hydrogen-bond acceptors (Lipinski definition) is 1. The van der Waals surface area contributed by atoms with Gasteiger partial charge in [-0.05, 0) is 30.0 Å². The van der Waals surface area contributed by atoms with Crippen molar-refractivity contribution in [3.8, 4) is 0 Å². The first kappa shape index (κ1) is 10.3. The SMILES string of the molecule is CC.Cc1cccc2c1COCC2. The van der Waals surface area contributed by atoms with Gasteiger partial charge in [-0.25, -0.2) is 0 Å². The maximum atomic E-state index is 5.38. The van der Waals surface area contributed by atoms with Gasteiger partial charge in [-0.1, -0.05) is 32.0 Å². The standard InChI is InChI=1S/C10H12O.C2H6/c1-8-3-2-4-9-5-6-11-7-10(8)9;1-2/h2-4H,5-7H2,1H3;1-2H3. The average molecular weight is 178 g/mol. The summed E-state index contributed by atoms with van der Waals surface area (Å²) in [5.74, 6) is 0. The predicted molar refractivity (Wildman–Crippen MR) is 55.9 cm³/mol. The molecule has 2 rings (SSSR count). The van der Waals surface area contributed by atoms with Crippen LogP contribution in [0.1, 0.15) is 30.5 Å². The summed E-state index contributed by atoms with van der Waals surface area (Å²) in [6.45, 7) is 7.84. The topological polar surface area (TPSA) is 9.23 Å². The van der Waals surface area contributed by atoms with Crippen LogP contribution >= 0.6 is 0 Å². The van der Waals surface area contributed by atoms with Crippen molar-refractivity contribution < 1.29 is 4.74 Å². The summed E-state index contributed by atoms with van der Waals surface area (Å²) >= 11 is 0. The molecule has 1 nitrogen and oxygen atoms in total. The first-order chi connectivity index (χ1) is 6.38. The Kier molecular flexibility index (Phi) is 3.97. The van der Waals surface area contributed by atoms with Crippen LogP contribution in [0.2, 0.25) is 0 Å². The van der Waals surface area contributed by atoms with Crippen molar-refractivity contribution in [2.45, 2.75) is 33.8 Å². The van der Waals surface area contributed by atoms with Crippen molar-refractivity contribution in [2.75, 3.05) is 6.61 Å². The van der Waals surface area contributed by atoms with Crippen LogP contribution in [0.4, 0.5) is 0 Å². The quantitative estimate of drug-likeness (QED) is 0.593. The third-order valence-electron chi connectivity index (χ3n) is 2.27. The predicted octanol–water partition coefficient (Wildman–Crippen LogP) is 3.09. The highest BCUT2D eigenvalue weighted by molar-refractivity contribution is 5.34. The van der Waals surface area contributed by atoms with Crippen molar-refractivity contribution in [3.05, 3.63) is 34.9 Å². The van der Waals surface area contributed by atoms with Crippen molar-refractivity contribution in [1.82, 2.24) is 0 Å². The van der Waals surface area contributed by atoms with Crippen LogP contribution in [0.5, 0.6) is 0 Å². The summed E-state index contributed by atoms with van der Waals surface area (Å²) in [5.41, 5.74) is 4.23. The zero-order valence-electron chi connectivity index (χ0n) is 8.76. The van der Waals surface area contributed by atoms with Gasteiger partial charge in [0.1, 0.15) is 0 Å². The molecule has 1 aromatic rings. The lowest BCUT2D eigenvalue weighted by Crippen LogP contribution is -2.10. The number of fused-ring (bicyclic) bond motifs is 1. The van der Waals surface area contributed by atoms with E-state index >= 15 is 0 Å². The number of aryl methyl sites for hydroxylation is 1. The molecule has 0 unspecified atom stereocenters. The van der Waals surface area contributed by atoms with E-state index in [2.05, 4.69) is 25.1 Å². The Hall–Kier alpha value is -0.820. The normalized spacial score (nSPS) is 14.1. The van der Waals surface area contributed by atoms with E-state index in [0.717, 1.165) is 19.6 Å². The maximum Gasteiger partial charge on any atom is 0.0722 e. The second-order valence-corrected chi connectivity index (χ2v) is 3.02. The fourth-order valence-electron chi connectivity index (χ4n) is 1.56. The highest BCUT2D eigenvalue weighted by Gasteiger charge is 2.09. The summed E-state index contributed by atoms with van der Waals surface area (Å²) in [4.78, 5) is 0. The first-order valence-corrected chi connectivity index (χ1v) is 5.03. The van der Waals surface area contributed by atoms with Crippen molar-refractivity contribution in [1.29, 1.82) is 0 Å². The molecule has 0 N–H and O–H groups in total. The molecule has 0 aromatic heterocycles. The molecule has 0 spiro atoms. The Morgan fingerprint density at radius 2 is 2.00 bits per heavy atom. The minimum absolute atomic E-state index is 0.808. The third-order valence-corrected chi connectivity index (χ3v) is 2.27. The molecule has 72 valence electrons. The Labute approximate surface area is 80.7 Å². The molecule has 1 aliphatic rings. The van der Waals surface area contributed by atoms with E-state index in [9.17, 15) is 0 Å². The fraction of sp³-hybridized carbons (Fsp3) is 0.500. The van der Waals surface area contributed by atoms with Gasteiger partial charge in [0.15, 0.2) is 0 Å². The van der Waals surface area contributed by atoms with Gasteiger partial charge in [-0.2, -0.15) is 0 Å². The largest absolute Gasteiger partial charge is 0.376 e. The molecule has 1 heteroatoms. The molecule has 0 amide bonds. The Morgan fingerprint density at radius 3 is 2.69 bits per heavy atom. The molecule has 0 atom stereocenters. The van der Waals surface area contributed by atoms with E-state index in [1.165, 1.54) is 16.7 Å². The molecule has 0 saturated carbocycles. The smallest absolute Gasteiger partial charge is 0.0722 e. The van der Waals surface area contributed by atoms with Crippen LogP contribution < -0.4 is 0 Å². The second kappa shape index (κ2) is 5.03. The Balaban J connectivity index is 0.000000396. The Morgan fingerprint density at radius 1 is 1.23 bits per heavy atom. The average Bonchev–Trinajstić information content (AvgIpc) is 2.22. The van der Waals surface area contributed by atoms with Gasteiger partial charge >= 0.3 is 0 Å². The van der Waals surface area contributed by atoms with E-state index < -0.39 is 0 Å². The van der Waals surface area contributed by atoms with Gasteiger partial charge in [0.2, 0.25) is 0 Å². The molecule has 0 bridgehead atoms. The number of benzene rings is 1. The van der Waals surface area contributed by atoms with Crippen LogP contribution in [0.3, 0.4) is 0 Å². The molecule has 0 fully saturated rings. The molecule has 0 radical (unpaired) electrons. The number of rotatable bonds is 0. The zero-order valence-corrected chi connectivity index (χ0v) is 8.76. The van der Waals surface area contributed by atoms with Crippen molar-refractivity contribution >= 4 is 0 Å². The molecule has 1 aliphatic heterocycles. The summed E-state index contributed by atoms with van der Waals surface area (Å²) in [6, 6.07) is 6.47. The summed E-state index contributed by atoms with van der Waals surface area (Å²) < 4.78 is 5.38. The zero-order chi connectivity index (χ0) is 9.68. The van der Waals surface area contributed by atoms with Gasteiger partial charge in [0, 0.05) is 0 Å². The summed E-state index contributed by atoms with van der Waals surface area (Å²) in [6.07, 6.45) is 1.08. The van der Waals surface area contributed by atoms with Crippen LogP contribution in [0, 0.1) is 6.92 Å². The minimum Gasteiger partial charge on any atom is -0.376 e. The molecule has 0 saturated heterocycles. The fourth-order valence-corrected chi connectivity index (χ4v) is 1.56. The van der Waals surface area contributed by atoms with Gasteiger partial charge in [-0.15, -0.1) is 0 Å². The molecule has 0 aliphatic carbocycles. The second-order valence-electron chi connectivity index (χ2n) is 3.02. The molecule has 1 heterocycles. The minimum atomic E-state index is 0.808. The van der Waals surface area contributed by atoms with Crippen molar-refractivity contribution in [2.24, 2.45) is 0 Å². The van der Waals surface area contributed by atoms with Gasteiger partial charge in [-0.3, -0.25) is 0 Å². The monoisotopic (exact) mass is 178 g/mol. The molecule has 1 aromatic carbocycles. The lowest BCUT2D eigenvalue weighted by Gasteiger charge is -2.17. The number of ether oxygens (including phenoxy) is 1. The van der Waals surface area contributed by atoms with E-state index in [0.29, 0.717) is 0 Å². The summed E-state index contributed by atoms with van der Waals surface area (Å²) in [5, 5.41) is 0. The van der Waals surface area contributed by atoms with Crippen LogP contribution in [-0.2, 0) is 17.8 Å². The molecular weight excluding hydrogens is 160 g/mol. The highest BCUT2D eigenvalue weighted by Crippen LogP contribution is 2.19. The van der Waals surface area contributed by atoms with Crippen LogP contribution in [0.25, 0.3) is 0 Å². The maximum absolute atomic E-state index is 5.38. The molecule has 13 heavy (non-hydrogen) atoms. The highest BCUT2D eigenvalue weighted by atomic mass is 16.5. The lowest BCUT2D eigenvalue weighted by atomic mass is 9.99. The van der Waals surface area contributed by atoms with E-state index in [4.69, 9.17) is 4.74 Å². The van der Waals surface area contributed by atoms with E-state index in [1.54, 1.807) is 0 Å². The van der Waals surface area contributed by atoms with Crippen LogP contribution in [0.15, 0.2) is 18.2 Å². The third kappa shape index (κ3) is 2.31.